The molecular formula is C32H42N4O12S. The lowest BCUT2D eigenvalue weighted by Crippen LogP contribution is -2.52. The molecule has 4 amide bonds. The van der Waals surface area contributed by atoms with Gasteiger partial charge in [0.25, 0.3) is 10.0 Å². The molecule has 1 aromatic rings. The average Bonchev–Trinajstić information content (AvgIpc) is 3.03. The second kappa shape index (κ2) is 20.0. The number of rotatable bonds is 21. The first-order valence-electron chi connectivity index (χ1n) is 14.7. The van der Waals surface area contributed by atoms with E-state index in [1.807, 2.05) is 4.72 Å². The van der Waals surface area contributed by atoms with E-state index in [1.54, 1.807) is 13.8 Å². The summed E-state index contributed by atoms with van der Waals surface area (Å²) in [6, 6.07) is 3.07. The zero-order chi connectivity index (χ0) is 37.1. The predicted molar refractivity (Wildman–Crippen MR) is 177 cm³/mol. The van der Waals surface area contributed by atoms with Crippen molar-refractivity contribution in [2.45, 2.75) is 55.5 Å². The Morgan fingerprint density at radius 3 is 1.27 bits per heavy atom. The standard InChI is InChI=1S/C32H42N4O12S/c1-7-25(37)45-19-15-31(5,16-20-46-26(38)8-2)34-29(41)33-23-11-13-24(14-12-23)49(43,44)36-30(42)35-32(6,17-21-47-27(39)9-3)18-22-48-28(40)10-4/h7-14H,1-4,15-22H2,5-6H3,(H2,33,34,41)(H2,35,36,42). The number of hydrogen-bond donors (Lipinski definition) is 4. The van der Waals surface area contributed by atoms with Crippen LogP contribution in [-0.4, -0.2) is 81.9 Å². The van der Waals surface area contributed by atoms with Gasteiger partial charge in [0.2, 0.25) is 0 Å². The van der Waals surface area contributed by atoms with E-state index in [9.17, 15) is 37.2 Å². The molecule has 0 aliphatic carbocycles. The molecule has 1 aromatic carbocycles. The molecule has 0 atom stereocenters. The van der Waals surface area contributed by atoms with Gasteiger partial charge in [-0.15, -0.1) is 0 Å². The van der Waals surface area contributed by atoms with Gasteiger partial charge in [-0.05, 0) is 38.1 Å². The number of amides is 4. The van der Waals surface area contributed by atoms with Crippen LogP contribution in [0.15, 0.2) is 79.8 Å². The molecular weight excluding hydrogens is 664 g/mol. The number of esters is 4. The van der Waals surface area contributed by atoms with Gasteiger partial charge in [-0.25, -0.2) is 41.9 Å². The number of benzene rings is 1. The molecule has 0 bridgehead atoms. The minimum atomic E-state index is -4.41. The Morgan fingerprint density at radius 2 is 0.939 bits per heavy atom. The van der Waals surface area contributed by atoms with Gasteiger partial charge in [-0.2, -0.15) is 0 Å². The quantitative estimate of drug-likeness (QED) is 0.0824. The molecule has 0 aliphatic heterocycles. The molecule has 0 aliphatic rings. The summed E-state index contributed by atoms with van der Waals surface area (Å²) < 4.78 is 47.8. The number of carbonyl (C=O) groups is 6. The van der Waals surface area contributed by atoms with Crippen LogP contribution >= 0.6 is 0 Å². The minimum Gasteiger partial charge on any atom is -0.462 e. The van der Waals surface area contributed by atoms with E-state index < -0.39 is 57.0 Å². The van der Waals surface area contributed by atoms with Crippen LogP contribution in [0.4, 0.5) is 15.3 Å². The first-order chi connectivity index (χ1) is 23.0. The number of sulfonamides is 1. The van der Waals surface area contributed by atoms with Gasteiger partial charge in [0, 0.05) is 66.8 Å². The third-order valence-corrected chi connectivity index (χ3v) is 8.09. The van der Waals surface area contributed by atoms with Crippen molar-refractivity contribution in [3.63, 3.8) is 0 Å². The molecule has 49 heavy (non-hydrogen) atoms. The maximum Gasteiger partial charge on any atom is 0.330 e. The normalized spacial score (nSPS) is 11.1. The van der Waals surface area contributed by atoms with Gasteiger partial charge >= 0.3 is 35.9 Å². The molecule has 0 fully saturated rings. The average molecular weight is 707 g/mol. The van der Waals surface area contributed by atoms with Crippen molar-refractivity contribution >= 4 is 51.7 Å². The smallest absolute Gasteiger partial charge is 0.330 e. The van der Waals surface area contributed by atoms with Crippen molar-refractivity contribution in [2.24, 2.45) is 0 Å². The molecule has 4 N–H and O–H groups in total. The van der Waals surface area contributed by atoms with Gasteiger partial charge in [0.15, 0.2) is 0 Å². The number of nitrogens with one attached hydrogen (secondary N) is 4. The Kier molecular flexibility index (Phi) is 17.0. The molecule has 0 heterocycles. The summed E-state index contributed by atoms with van der Waals surface area (Å²) in [4.78, 5) is 71.0. The van der Waals surface area contributed by atoms with Crippen LogP contribution in [0.1, 0.15) is 39.5 Å². The molecule has 17 heteroatoms. The van der Waals surface area contributed by atoms with Crippen LogP contribution in [0.5, 0.6) is 0 Å². The van der Waals surface area contributed by atoms with E-state index in [2.05, 4.69) is 42.3 Å². The highest BCUT2D eigenvalue weighted by atomic mass is 32.2. The van der Waals surface area contributed by atoms with E-state index in [-0.39, 0.29) is 62.7 Å². The zero-order valence-corrected chi connectivity index (χ0v) is 28.2. The largest absolute Gasteiger partial charge is 0.462 e. The highest BCUT2D eigenvalue weighted by Crippen LogP contribution is 2.19. The Labute approximate surface area is 285 Å². The molecule has 268 valence electrons. The summed E-state index contributed by atoms with van der Waals surface area (Å²) in [5, 5.41) is 7.81. The molecule has 16 nitrogen and oxygen atoms in total. The second-order valence-corrected chi connectivity index (χ2v) is 12.5. The van der Waals surface area contributed by atoms with Crippen molar-refractivity contribution in [3.8, 4) is 0 Å². The van der Waals surface area contributed by atoms with Crippen molar-refractivity contribution < 1.29 is 56.1 Å². The maximum atomic E-state index is 13.0. The Hall–Kier alpha value is -5.45. The molecule has 0 saturated heterocycles. The number of carbonyl (C=O) groups excluding carboxylic acids is 6. The fourth-order valence-corrected chi connectivity index (χ4v) is 4.79. The summed E-state index contributed by atoms with van der Waals surface area (Å²) in [5.74, 6) is -2.71. The first-order valence-corrected chi connectivity index (χ1v) is 16.2. The number of ether oxygens (including phenoxy) is 4. The van der Waals surface area contributed by atoms with Crippen molar-refractivity contribution in [1.82, 2.24) is 15.4 Å². The monoisotopic (exact) mass is 706 g/mol. The molecule has 0 radical (unpaired) electrons. The predicted octanol–water partition coefficient (Wildman–Crippen LogP) is 2.79. The highest BCUT2D eigenvalue weighted by Gasteiger charge is 2.30. The van der Waals surface area contributed by atoms with Crippen LogP contribution in [0, 0.1) is 0 Å². The number of anilines is 1. The molecule has 0 saturated carbocycles. The lowest BCUT2D eigenvalue weighted by molar-refractivity contribution is -0.140. The SMILES string of the molecule is C=CC(=O)OCCC(C)(CCOC(=O)C=C)NC(=O)Nc1ccc(S(=O)(=O)NC(=O)NC(C)(CCOC(=O)C=C)CCOC(=O)C=C)cc1. The van der Waals surface area contributed by atoms with E-state index >= 15 is 0 Å². The van der Waals surface area contributed by atoms with E-state index in [0.717, 1.165) is 36.4 Å². The zero-order valence-electron chi connectivity index (χ0n) is 27.4. The fourth-order valence-electron chi connectivity index (χ4n) is 3.88. The minimum absolute atomic E-state index is 0.0348. The molecule has 0 unspecified atom stereocenters. The molecule has 1 rings (SSSR count). The van der Waals surface area contributed by atoms with Gasteiger partial charge in [-0.1, -0.05) is 26.3 Å². The third kappa shape index (κ3) is 16.3. The van der Waals surface area contributed by atoms with E-state index in [0.29, 0.717) is 0 Å². The first kappa shape index (κ1) is 41.6. The van der Waals surface area contributed by atoms with E-state index in [1.165, 1.54) is 12.1 Å². The Bertz CT molecular complexity index is 1450. The van der Waals surface area contributed by atoms with Gasteiger partial charge in [0.05, 0.1) is 31.3 Å². The maximum absolute atomic E-state index is 13.0. The van der Waals surface area contributed by atoms with Gasteiger partial charge < -0.3 is 34.9 Å². The van der Waals surface area contributed by atoms with Crippen LogP contribution in [0.25, 0.3) is 0 Å². The van der Waals surface area contributed by atoms with E-state index in [4.69, 9.17) is 18.9 Å². The molecule has 0 spiro atoms. The number of urea groups is 2. The number of hydrogen-bond acceptors (Lipinski definition) is 12. The van der Waals surface area contributed by atoms with Crippen LogP contribution in [0.2, 0.25) is 0 Å². The van der Waals surface area contributed by atoms with Crippen LogP contribution in [0.3, 0.4) is 0 Å². The topological polar surface area (TPSA) is 222 Å². The fraction of sp³-hybridized carbons (Fsp3) is 0.375. The molecule has 0 aromatic heterocycles. The summed E-state index contributed by atoms with van der Waals surface area (Å²) in [6.45, 7) is 16.0. The lowest BCUT2D eigenvalue weighted by atomic mass is 9.94. The lowest BCUT2D eigenvalue weighted by Gasteiger charge is -2.30. The van der Waals surface area contributed by atoms with Crippen LogP contribution < -0.4 is 20.7 Å². The van der Waals surface area contributed by atoms with Crippen molar-refractivity contribution in [3.05, 3.63) is 74.9 Å². The van der Waals surface area contributed by atoms with Crippen molar-refractivity contribution in [1.29, 1.82) is 0 Å². The third-order valence-electron chi connectivity index (χ3n) is 6.74. The summed E-state index contributed by atoms with van der Waals surface area (Å²) in [7, 11) is -4.41. The summed E-state index contributed by atoms with van der Waals surface area (Å²) >= 11 is 0. The van der Waals surface area contributed by atoms with Crippen LogP contribution in [-0.2, 0) is 48.1 Å². The summed E-state index contributed by atoms with van der Waals surface area (Å²) in [6.07, 6.45) is 4.26. The Balaban J connectivity index is 2.93. The van der Waals surface area contributed by atoms with Crippen molar-refractivity contribution in [2.75, 3.05) is 31.7 Å². The second-order valence-electron chi connectivity index (χ2n) is 10.8. The Morgan fingerprint density at radius 1 is 0.612 bits per heavy atom. The van der Waals surface area contributed by atoms with Gasteiger partial charge in [0.1, 0.15) is 0 Å². The summed E-state index contributed by atoms with van der Waals surface area (Å²) in [5.41, 5.74) is -2.00. The van der Waals surface area contributed by atoms with Gasteiger partial charge in [-0.3, -0.25) is 0 Å². The highest BCUT2D eigenvalue weighted by molar-refractivity contribution is 7.90.